The lowest BCUT2D eigenvalue weighted by Crippen LogP contribution is -2.55. The number of rotatable bonds is 14. The molecule has 1 aliphatic rings. The van der Waals surface area contributed by atoms with E-state index in [-0.39, 0.29) is 41.2 Å². The minimum Gasteiger partial charge on any atom is -0.497 e. The summed E-state index contributed by atoms with van der Waals surface area (Å²) in [4.78, 5) is 30.6. The number of nitrogens with zero attached hydrogens (tertiary/aromatic N) is 2. The third-order valence-electron chi connectivity index (χ3n) is 8.74. The van der Waals surface area contributed by atoms with Crippen LogP contribution in [0.4, 0.5) is 5.69 Å². The highest BCUT2D eigenvalue weighted by atomic mass is 79.9. The zero-order chi connectivity index (χ0) is 34.8. The van der Waals surface area contributed by atoms with E-state index in [0.29, 0.717) is 5.75 Å². The van der Waals surface area contributed by atoms with E-state index in [2.05, 4.69) is 21.2 Å². The number of carbonyl (C=O) groups is 2. The van der Waals surface area contributed by atoms with Crippen molar-refractivity contribution in [3.63, 3.8) is 0 Å². The quantitative estimate of drug-likeness (QED) is 0.153. The van der Waals surface area contributed by atoms with Crippen LogP contribution in [0.25, 0.3) is 0 Å². The number of anilines is 1. The van der Waals surface area contributed by atoms with Gasteiger partial charge in [-0.3, -0.25) is 13.9 Å². The van der Waals surface area contributed by atoms with Gasteiger partial charge in [-0.1, -0.05) is 89.8 Å². The van der Waals surface area contributed by atoms with Crippen molar-refractivity contribution in [1.29, 1.82) is 0 Å². The number of carbonyl (C=O) groups excluding carboxylic acids is 2. The summed E-state index contributed by atoms with van der Waals surface area (Å²) in [5.74, 6) is -0.0303. The molecule has 49 heavy (non-hydrogen) atoms. The van der Waals surface area contributed by atoms with E-state index < -0.39 is 28.5 Å². The van der Waals surface area contributed by atoms with Gasteiger partial charge in [0, 0.05) is 23.5 Å². The van der Waals surface area contributed by atoms with Crippen LogP contribution in [0.15, 0.2) is 112 Å². The van der Waals surface area contributed by atoms with Gasteiger partial charge in [0.05, 0.1) is 24.8 Å². The molecular weight excluding hydrogens is 706 g/mol. The zero-order valence-corrected chi connectivity index (χ0v) is 30.2. The lowest BCUT2D eigenvalue weighted by molar-refractivity contribution is -0.140. The summed E-state index contributed by atoms with van der Waals surface area (Å²) in [7, 11) is -1.36. The Bertz CT molecular complexity index is 1810. The topological polar surface area (TPSA) is 105 Å². The Balaban J connectivity index is 1.58. The van der Waals surface area contributed by atoms with Crippen molar-refractivity contribution in [3.05, 3.63) is 119 Å². The first-order valence-corrected chi connectivity index (χ1v) is 18.6. The van der Waals surface area contributed by atoms with Gasteiger partial charge in [-0.15, -0.1) is 0 Å². The Kier molecular flexibility index (Phi) is 12.4. The monoisotopic (exact) mass is 747 g/mol. The van der Waals surface area contributed by atoms with E-state index in [1.807, 2.05) is 54.6 Å². The zero-order valence-electron chi connectivity index (χ0n) is 27.8. The molecule has 1 atom stereocenters. The van der Waals surface area contributed by atoms with E-state index in [1.54, 1.807) is 36.4 Å². The molecule has 0 spiro atoms. The predicted octanol–water partition coefficient (Wildman–Crippen LogP) is 6.75. The van der Waals surface area contributed by atoms with Gasteiger partial charge in [0.1, 0.15) is 24.1 Å². The fourth-order valence-electron chi connectivity index (χ4n) is 6.15. The molecule has 4 aromatic rings. The first kappa shape index (κ1) is 35.9. The minimum absolute atomic E-state index is 0.0165. The lowest BCUT2D eigenvalue weighted by atomic mass is 9.94. The molecule has 4 aromatic carbocycles. The van der Waals surface area contributed by atoms with Crippen molar-refractivity contribution in [1.82, 2.24) is 10.2 Å². The summed E-state index contributed by atoms with van der Waals surface area (Å²) in [5.41, 5.74) is 1.86. The molecule has 11 heteroatoms. The predicted molar refractivity (Wildman–Crippen MR) is 194 cm³/mol. The SMILES string of the molecule is COc1ccc(S(=O)(=O)N(CC(=O)N(Cc2cccc(Br)c2)C(Cc2ccccc2)C(=O)NC2CCCCC2)c2ccccc2OC)cc1. The van der Waals surface area contributed by atoms with Crippen LogP contribution in [0.3, 0.4) is 0 Å². The third-order valence-corrected chi connectivity index (χ3v) is 11.0. The number of hydrogen-bond acceptors (Lipinski definition) is 6. The fraction of sp³-hybridized carbons (Fsp3) is 0.316. The second-order valence-electron chi connectivity index (χ2n) is 12.1. The molecule has 1 N–H and O–H groups in total. The van der Waals surface area contributed by atoms with Crippen molar-refractivity contribution in [3.8, 4) is 11.5 Å². The highest BCUT2D eigenvalue weighted by molar-refractivity contribution is 9.10. The van der Waals surface area contributed by atoms with Gasteiger partial charge in [-0.2, -0.15) is 0 Å². The Morgan fingerprint density at radius 3 is 2.18 bits per heavy atom. The number of halogens is 1. The Hall–Kier alpha value is -4.35. The van der Waals surface area contributed by atoms with Gasteiger partial charge >= 0.3 is 0 Å². The number of methoxy groups -OCH3 is 2. The molecule has 0 bridgehead atoms. The molecule has 5 rings (SSSR count). The van der Waals surface area contributed by atoms with Gasteiger partial charge in [0.15, 0.2) is 0 Å². The number of nitrogens with one attached hydrogen (secondary N) is 1. The maximum Gasteiger partial charge on any atom is 0.264 e. The number of sulfonamides is 1. The van der Waals surface area contributed by atoms with E-state index in [0.717, 1.165) is 52.0 Å². The number of para-hydroxylation sites is 2. The van der Waals surface area contributed by atoms with Crippen LogP contribution in [0.5, 0.6) is 11.5 Å². The summed E-state index contributed by atoms with van der Waals surface area (Å²) in [6.45, 7) is -0.499. The van der Waals surface area contributed by atoms with Crippen LogP contribution in [0.2, 0.25) is 0 Å². The summed E-state index contributed by atoms with van der Waals surface area (Å²) in [5, 5.41) is 3.24. The second kappa shape index (κ2) is 16.8. The molecule has 0 heterocycles. The average Bonchev–Trinajstić information content (AvgIpc) is 3.12. The second-order valence-corrected chi connectivity index (χ2v) is 14.8. The van der Waals surface area contributed by atoms with Gasteiger partial charge < -0.3 is 19.7 Å². The molecule has 1 fully saturated rings. The van der Waals surface area contributed by atoms with Crippen LogP contribution < -0.4 is 19.1 Å². The molecule has 0 saturated heterocycles. The highest BCUT2D eigenvalue weighted by Crippen LogP contribution is 2.33. The van der Waals surface area contributed by atoms with Crippen molar-refractivity contribution < 1.29 is 27.5 Å². The number of amides is 2. The lowest BCUT2D eigenvalue weighted by Gasteiger charge is -2.35. The summed E-state index contributed by atoms with van der Waals surface area (Å²) >= 11 is 3.53. The maximum atomic E-state index is 14.8. The van der Waals surface area contributed by atoms with Crippen LogP contribution in [0, 0.1) is 0 Å². The van der Waals surface area contributed by atoms with Gasteiger partial charge in [-0.05, 0) is 72.5 Å². The standard InChI is InChI=1S/C38H42BrN3O6S/c1-47-32-20-22-33(23-21-32)49(45,46)42(34-18-9-10-19-36(34)48-2)27-37(43)41(26-29-14-11-15-30(39)24-29)35(25-28-12-5-3-6-13-28)38(44)40-31-16-7-4-8-17-31/h3,5-6,9-15,18-24,31,35H,4,7-8,16-17,25-27H2,1-2H3,(H,40,44). The Labute approximate surface area is 297 Å². The first-order chi connectivity index (χ1) is 23.7. The number of hydrogen-bond donors (Lipinski definition) is 1. The third kappa shape index (κ3) is 9.21. The fourth-order valence-corrected chi connectivity index (χ4v) is 8.03. The molecule has 0 aliphatic heterocycles. The van der Waals surface area contributed by atoms with Gasteiger partial charge in [0.2, 0.25) is 11.8 Å². The van der Waals surface area contributed by atoms with E-state index in [9.17, 15) is 18.0 Å². The van der Waals surface area contributed by atoms with E-state index in [4.69, 9.17) is 9.47 Å². The molecule has 1 aliphatic carbocycles. The van der Waals surface area contributed by atoms with Crippen LogP contribution in [-0.2, 0) is 32.6 Å². The van der Waals surface area contributed by atoms with Crippen molar-refractivity contribution in [2.45, 2.75) is 62.0 Å². The van der Waals surface area contributed by atoms with Gasteiger partial charge in [0.25, 0.3) is 10.0 Å². The summed E-state index contributed by atoms with van der Waals surface area (Å²) in [6.07, 6.45) is 5.21. The molecule has 258 valence electrons. The van der Waals surface area contributed by atoms with Crippen molar-refractivity contribution in [2.24, 2.45) is 0 Å². The summed E-state index contributed by atoms with van der Waals surface area (Å²) in [6, 6.07) is 28.8. The average molecular weight is 749 g/mol. The van der Waals surface area contributed by atoms with Crippen molar-refractivity contribution in [2.75, 3.05) is 25.1 Å². The molecule has 9 nitrogen and oxygen atoms in total. The number of benzene rings is 4. The van der Waals surface area contributed by atoms with Crippen molar-refractivity contribution >= 4 is 43.5 Å². The Morgan fingerprint density at radius 2 is 1.51 bits per heavy atom. The molecule has 1 unspecified atom stereocenters. The molecule has 0 radical (unpaired) electrons. The largest absolute Gasteiger partial charge is 0.497 e. The summed E-state index contributed by atoms with van der Waals surface area (Å²) < 4.78 is 41.5. The van der Waals surface area contributed by atoms with Crippen LogP contribution >= 0.6 is 15.9 Å². The van der Waals surface area contributed by atoms with E-state index >= 15 is 0 Å². The normalized spacial score (nSPS) is 14.0. The van der Waals surface area contributed by atoms with Gasteiger partial charge in [-0.25, -0.2) is 8.42 Å². The Morgan fingerprint density at radius 1 is 0.837 bits per heavy atom. The van der Waals surface area contributed by atoms with Crippen LogP contribution in [0.1, 0.15) is 43.2 Å². The molecule has 1 saturated carbocycles. The smallest absolute Gasteiger partial charge is 0.264 e. The maximum absolute atomic E-state index is 14.8. The number of ether oxygens (including phenoxy) is 2. The highest BCUT2D eigenvalue weighted by Gasteiger charge is 2.36. The first-order valence-electron chi connectivity index (χ1n) is 16.4. The van der Waals surface area contributed by atoms with Crippen LogP contribution in [-0.4, -0.2) is 58.0 Å². The minimum atomic E-state index is -4.31. The molecule has 0 aromatic heterocycles. The van der Waals surface area contributed by atoms with E-state index in [1.165, 1.54) is 31.3 Å². The molecular formula is C38H42BrN3O6S. The molecule has 2 amide bonds.